The number of H-pyrrole nitrogens is 1. The standard InChI is InChI=1S/C18H22BrN3O3S/c1-11-10-14(6-7-15(11)19)21-18(23)16-12(2)17(13(3)20-16)26(24,25)22-8-4-5-9-22/h6-7,10,20H,4-5,8-9H2,1-3H3,(H,21,23). The van der Waals surface area contributed by atoms with Gasteiger partial charge in [-0.2, -0.15) is 4.31 Å². The number of aromatic nitrogens is 1. The van der Waals surface area contributed by atoms with Gasteiger partial charge in [-0.05, 0) is 62.9 Å². The number of nitrogens with zero attached hydrogens (tertiary/aromatic N) is 1. The van der Waals surface area contributed by atoms with Crippen LogP contribution in [0.1, 0.15) is 40.2 Å². The SMILES string of the molecule is Cc1cc(NC(=O)c2[nH]c(C)c(S(=O)(=O)N3CCCC3)c2C)ccc1Br. The van der Waals surface area contributed by atoms with Crippen molar-refractivity contribution in [3.8, 4) is 0 Å². The van der Waals surface area contributed by atoms with Crippen LogP contribution >= 0.6 is 15.9 Å². The largest absolute Gasteiger partial charge is 0.353 e. The van der Waals surface area contributed by atoms with E-state index in [0.717, 1.165) is 22.9 Å². The summed E-state index contributed by atoms with van der Waals surface area (Å²) in [6.07, 6.45) is 1.75. The molecule has 1 aromatic carbocycles. The zero-order valence-corrected chi connectivity index (χ0v) is 17.4. The second kappa shape index (κ2) is 7.17. The highest BCUT2D eigenvalue weighted by Gasteiger charge is 2.33. The Morgan fingerprint density at radius 3 is 2.46 bits per heavy atom. The average molecular weight is 440 g/mol. The smallest absolute Gasteiger partial charge is 0.272 e. The maximum absolute atomic E-state index is 12.9. The molecular formula is C18H22BrN3O3S. The van der Waals surface area contributed by atoms with Crippen molar-refractivity contribution in [2.75, 3.05) is 18.4 Å². The van der Waals surface area contributed by atoms with Crippen LogP contribution in [-0.2, 0) is 10.0 Å². The molecule has 1 saturated heterocycles. The van der Waals surface area contributed by atoms with Crippen LogP contribution in [0.15, 0.2) is 27.6 Å². The van der Waals surface area contributed by atoms with Crippen molar-refractivity contribution in [1.82, 2.24) is 9.29 Å². The van der Waals surface area contributed by atoms with Crippen LogP contribution in [-0.4, -0.2) is 36.7 Å². The highest BCUT2D eigenvalue weighted by atomic mass is 79.9. The summed E-state index contributed by atoms with van der Waals surface area (Å²) in [7, 11) is -3.58. The van der Waals surface area contributed by atoms with E-state index >= 15 is 0 Å². The van der Waals surface area contributed by atoms with Crippen LogP contribution in [0.3, 0.4) is 0 Å². The molecule has 2 heterocycles. The van der Waals surface area contributed by atoms with Crippen LogP contribution in [0.5, 0.6) is 0 Å². The highest BCUT2D eigenvalue weighted by molar-refractivity contribution is 9.10. The van der Waals surface area contributed by atoms with E-state index in [9.17, 15) is 13.2 Å². The monoisotopic (exact) mass is 439 g/mol. The number of hydrogen-bond donors (Lipinski definition) is 2. The van der Waals surface area contributed by atoms with E-state index in [-0.39, 0.29) is 16.5 Å². The molecule has 3 rings (SSSR count). The number of carbonyl (C=O) groups excluding carboxylic acids is 1. The normalized spacial score (nSPS) is 15.4. The van der Waals surface area contributed by atoms with Gasteiger partial charge in [0.25, 0.3) is 5.91 Å². The van der Waals surface area contributed by atoms with Gasteiger partial charge in [0, 0.05) is 28.9 Å². The Bertz CT molecular complexity index is 960. The van der Waals surface area contributed by atoms with Gasteiger partial charge in [-0.3, -0.25) is 4.79 Å². The van der Waals surface area contributed by atoms with Crippen molar-refractivity contribution < 1.29 is 13.2 Å². The number of nitrogens with one attached hydrogen (secondary N) is 2. The Morgan fingerprint density at radius 2 is 1.85 bits per heavy atom. The van der Waals surface area contributed by atoms with Crippen molar-refractivity contribution in [2.45, 2.75) is 38.5 Å². The van der Waals surface area contributed by atoms with Crippen molar-refractivity contribution in [3.63, 3.8) is 0 Å². The number of carbonyl (C=O) groups is 1. The number of amides is 1. The third-order valence-corrected chi connectivity index (χ3v) is 7.74. The molecule has 0 aliphatic carbocycles. The number of aryl methyl sites for hydroxylation is 2. The minimum atomic E-state index is -3.58. The minimum absolute atomic E-state index is 0.219. The lowest BCUT2D eigenvalue weighted by Crippen LogP contribution is -2.28. The number of anilines is 1. The lowest BCUT2D eigenvalue weighted by atomic mass is 10.2. The first-order valence-corrected chi connectivity index (χ1v) is 10.7. The first-order chi connectivity index (χ1) is 12.2. The van der Waals surface area contributed by atoms with Crippen molar-refractivity contribution in [3.05, 3.63) is 45.2 Å². The van der Waals surface area contributed by atoms with E-state index in [2.05, 4.69) is 26.2 Å². The van der Waals surface area contributed by atoms with Gasteiger partial charge in [0.15, 0.2) is 0 Å². The third-order valence-electron chi connectivity index (χ3n) is 4.67. The van der Waals surface area contributed by atoms with Gasteiger partial charge in [0.1, 0.15) is 10.6 Å². The van der Waals surface area contributed by atoms with Crippen LogP contribution in [0.2, 0.25) is 0 Å². The summed E-state index contributed by atoms with van der Waals surface area (Å²) in [5.41, 5.74) is 2.89. The Balaban J connectivity index is 1.92. The van der Waals surface area contributed by atoms with E-state index in [1.54, 1.807) is 19.9 Å². The summed E-state index contributed by atoms with van der Waals surface area (Å²) in [6, 6.07) is 5.51. The predicted molar refractivity (Wildman–Crippen MR) is 105 cm³/mol. The highest BCUT2D eigenvalue weighted by Crippen LogP contribution is 2.29. The Labute approximate surface area is 162 Å². The Kier molecular flexibility index (Phi) is 5.28. The quantitative estimate of drug-likeness (QED) is 0.760. The van der Waals surface area contributed by atoms with Gasteiger partial charge in [0.05, 0.1) is 0 Å². The van der Waals surface area contributed by atoms with Crippen LogP contribution in [0, 0.1) is 20.8 Å². The topological polar surface area (TPSA) is 82.3 Å². The van der Waals surface area contributed by atoms with Crippen LogP contribution in [0.4, 0.5) is 5.69 Å². The molecule has 0 saturated carbocycles. The van der Waals surface area contributed by atoms with Crippen molar-refractivity contribution in [1.29, 1.82) is 0 Å². The summed E-state index contributed by atoms with van der Waals surface area (Å²) in [5.74, 6) is -0.352. The third kappa shape index (κ3) is 3.45. The Morgan fingerprint density at radius 1 is 1.19 bits per heavy atom. The van der Waals surface area contributed by atoms with E-state index < -0.39 is 10.0 Å². The average Bonchev–Trinajstić information content (AvgIpc) is 3.19. The zero-order chi connectivity index (χ0) is 19.1. The first-order valence-electron chi connectivity index (χ1n) is 8.48. The molecule has 1 aromatic heterocycles. The molecule has 140 valence electrons. The van der Waals surface area contributed by atoms with Gasteiger partial charge in [-0.1, -0.05) is 15.9 Å². The van der Waals surface area contributed by atoms with Crippen LogP contribution < -0.4 is 5.32 Å². The fourth-order valence-corrected chi connectivity index (χ4v) is 5.49. The fourth-order valence-electron chi connectivity index (χ4n) is 3.32. The van der Waals surface area contributed by atoms with Gasteiger partial charge in [0.2, 0.25) is 10.0 Å². The van der Waals surface area contributed by atoms with Crippen LogP contribution in [0.25, 0.3) is 0 Å². The number of sulfonamides is 1. The van der Waals surface area contributed by atoms with E-state index in [4.69, 9.17) is 0 Å². The lowest BCUT2D eigenvalue weighted by Gasteiger charge is -2.16. The minimum Gasteiger partial charge on any atom is -0.353 e. The maximum Gasteiger partial charge on any atom is 0.272 e. The predicted octanol–water partition coefficient (Wildman–Crippen LogP) is 3.74. The van der Waals surface area contributed by atoms with E-state index in [0.29, 0.717) is 30.0 Å². The second-order valence-electron chi connectivity index (χ2n) is 6.61. The molecule has 6 nitrogen and oxygen atoms in total. The molecule has 1 amide bonds. The second-order valence-corrected chi connectivity index (χ2v) is 9.34. The van der Waals surface area contributed by atoms with E-state index in [1.165, 1.54) is 4.31 Å². The maximum atomic E-state index is 12.9. The van der Waals surface area contributed by atoms with Gasteiger partial charge >= 0.3 is 0 Å². The summed E-state index contributed by atoms with van der Waals surface area (Å²) in [5, 5.41) is 2.83. The number of rotatable bonds is 4. The number of halogens is 1. The number of hydrogen-bond acceptors (Lipinski definition) is 3. The molecule has 8 heteroatoms. The summed E-state index contributed by atoms with van der Waals surface area (Å²) in [4.78, 5) is 15.9. The molecule has 0 spiro atoms. The molecule has 0 bridgehead atoms. The number of aromatic amines is 1. The molecule has 2 N–H and O–H groups in total. The molecule has 2 aromatic rings. The Hall–Kier alpha value is -1.64. The molecule has 1 aliphatic rings. The molecule has 1 aliphatic heterocycles. The molecule has 0 unspecified atom stereocenters. The van der Waals surface area contributed by atoms with Gasteiger partial charge in [-0.15, -0.1) is 0 Å². The van der Waals surface area contributed by atoms with Crippen molar-refractivity contribution in [2.24, 2.45) is 0 Å². The molecule has 0 radical (unpaired) electrons. The fraction of sp³-hybridized carbons (Fsp3) is 0.389. The van der Waals surface area contributed by atoms with Gasteiger partial charge in [-0.25, -0.2) is 8.42 Å². The lowest BCUT2D eigenvalue weighted by molar-refractivity contribution is 0.102. The first kappa shape index (κ1) is 19.1. The summed E-state index contributed by atoms with van der Waals surface area (Å²) in [6.45, 7) is 6.37. The zero-order valence-electron chi connectivity index (χ0n) is 15.0. The molecule has 0 atom stereocenters. The molecule has 1 fully saturated rings. The van der Waals surface area contributed by atoms with Crippen molar-refractivity contribution >= 4 is 37.5 Å². The molecular weight excluding hydrogens is 418 g/mol. The van der Waals surface area contributed by atoms with E-state index in [1.807, 2.05) is 19.1 Å². The summed E-state index contributed by atoms with van der Waals surface area (Å²) < 4.78 is 28.3. The summed E-state index contributed by atoms with van der Waals surface area (Å²) >= 11 is 3.43. The molecule has 26 heavy (non-hydrogen) atoms. The number of benzene rings is 1. The van der Waals surface area contributed by atoms with Gasteiger partial charge < -0.3 is 10.3 Å².